The zero-order chi connectivity index (χ0) is 12.3. The largest absolute Gasteiger partial charge is 0.329 e. The van der Waals surface area contributed by atoms with Gasteiger partial charge in [-0.05, 0) is 18.2 Å². The predicted octanol–water partition coefficient (Wildman–Crippen LogP) is 1.77. The van der Waals surface area contributed by atoms with Crippen molar-refractivity contribution in [2.24, 2.45) is 5.73 Å². The molecule has 17 heavy (non-hydrogen) atoms. The lowest BCUT2D eigenvalue weighted by Crippen LogP contribution is -2.30. The molecule has 2 rings (SSSR count). The molecule has 0 amide bonds. The molecular formula is C13H16N4. The summed E-state index contributed by atoms with van der Waals surface area (Å²) in [6.45, 7) is 4.59. The second-order valence-corrected chi connectivity index (χ2v) is 4.60. The molecule has 0 aliphatic carbocycles. The van der Waals surface area contributed by atoms with Crippen LogP contribution < -0.4 is 5.73 Å². The van der Waals surface area contributed by atoms with Crippen molar-refractivity contribution in [1.82, 2.24) is 15.0 Å². The third-order valence-electron chi connectivity index (χ3n) is 2.73. The summed E-state index contributed by atoms with van der Waals surface area (Å²) in [5, 5.41) is 0. The van der Waals surface area contributed by atoms with E-state index in [1.54, 1.807) is 18.6 Å². The Labute approximate surface area is 101 Å². The highest BCUT2D eigenvalue weighted by atomic mass is 14.9. The van der Waals surface area contributed by atoms with Crippen LogP contribution >= 0.6 is 0 Å². The first-order valence-electron chi connectivity index (χ1n) is 5.57. The first-order chi connectivity index (χ1) is 8.13. The van der Waals surface area contributed by atoms with E-state index in [0.29, 0.717) is 6.54 Å². The van der Waals surface area contributed by atoms with E-state index in [4.69, 9.17) is 5.73 Å². The number of aromatic nitrogens is 3. The molecule has 0 atom stereocenters. The fourth-order valence-electron chi connectivity index (χ4n) is 1.45. The van der Waals surface area contributed by atoms with Crippen molar-refractivity contribution in [3.05, 3.63) is 42.6 Å². The van der Waals surface area contributed by atoms with Gasteiger partial charge in [0.05, 0.1) is 5.69 Å². The zero-order valence-electron chi connectivity index (χ0n) is 10.1. The maximum Gasteiger partial charge on any atom is 0.135 e. The standard InChI is InChI=1S/C13H16N4/c1-13(2,9-14)12-16-7-5-11(17-12)10-4-3-6-15-8-10/h3-8H,9,14H2,1-2H3. The average molecular weight is 228 g/mol. The van der Waals surface area contributed by atoms with Crippen LogP contribution in [0.5, 0.6) is 0 Å². The van der Waals surface area contributed by atoms with Gasteiger partial charge >= 0.3 is 0 Å². The summed E-state index contributed by atoms with van der Waals surface area (Å²) < 4.78 is 0. The zero-order valence-corrected chi connectivity index (χ0v) is 10.1. The Morgan fingerprint density at radius 3 is 2.71 bits per heavy atom. The van der Waals surface area contributed by atoms with E-state index in [9.17, 15) is 0 Å². The van der Waals surface area contributed by atoms with Crippen LogP contribution in [0.4, 0.5) is 0 Å². The summed E-state index contributed by atoms with van der Waals surface area (Å²) in [6.07, 6.45) is 5.30. The van der Waals surface area contributed by atoms with Crippen LogP contribution in [0.15, 0.2) is 36.8 Å². The van der Waals surface area contributed by atoms with Gasteiger partial charge in [-0.2, -0.15) is 0 Å². The first-order valence-corrected chi connectivity index (χ1v) is 5.57. The molecule has 0 fully saturated rings. The van der Waals surface area contributed by atoms with Gasteiger partial charge in [-0.3, -0.25) is 4.98 Å². The molecular weight excluding hydrogens is 212 g/mol. The Kier molecular flexibility index (Phi) is 3.15. The minimum atomic E-state index is -0.210. The normalized spacial score (nSPS) is 11.5. The Bertz CT molecular complexity index is 494. The molecule has 0 spiro atoms. The van der Waals surface area contributed by atoms with Crippen LogP contribution in [0.3, 0.4) is 0 Å². The molecule has 0 saturated carbocycles. The van der Waals surface area contributed by atoms with Gasteiger partial charge in [-0.1, -0.05) is 13.8 Å². The van der Waals surface area contributed by atoms with Crippen molar-refractivity contribution in [1.29, 1.82) is 0 Å². The van der Waals surface area contributed by atoms with E-state index >= 15 is 0 Å². The molecule has 4 heteroatoms. The highest BCUT2D eigenvalue weighted by molar-refractivity contribution is 5.57. The van der Waals surface area contributed by atoms with Crippen molar-refractivity contribution < 1.29 is 0 Å². The fourth-order valence-corrected chi connectivity index (χ4v) is 1.45. The highest BCUT2D eigenvalue weighted by Crippen LogP contribution is 2.21. The maximum atomic E-state index is 5.73. The van der Waals surface area contributed by atoms with Crippen molar-refractivity contribution in [2.75, 3.05) is 6.54 Å². The minimum absolute atomic E-state index is 0.210. The molecule has 2 N–H and O–H groups in total. The van der Waals surface area contributed by atoms with E-state index in [-0.39, 0.29) is 5.41 Å². The molecule has 0 radical (unpaired) electrons. The molecule has 0 aromatic carbocycles. The van der Waals surface area contributed by atoms with Gasteiger partial charge in [0.1, 0.15) is 5.82 Å². The SMILES string of the molecule is CC(C)(CN)c1nccc(-c2cccnc2)n1. The van der Waals surface area contributed by atoms with Crippen LogP contribution in [-0.4, -0.2) is 21.5 Å². The van der Waals surface area contributed by atoms with Gasteiger partial charge in [0, 0.05) is 36.1 Å². The van der Waals surface area contributed by atoms with Crippen molar-refractivity contribution >= 4 is 0 Å². The quantitative estimate of drug-likeness (QED) is 0.869. The fraction of sp³-hybridized carbons (Fsp3) is 0.308. The predicted molar refractivity (Wildman–Crippen MR) is 67.3 cm³/mol. The molecule has 0 aliphatic rings. The van der Waals surface area contributed by atoms with Gasteiger partial charge in [0.25, 0.3) is 0 Å². The van der Waals surface area contributed by atoms with Gasteiger partial charge in [0.2, 0.25) is 0 Å². The number of nitrogens with zero attached hydrogens (tertiary/aromatic N) is 3. The van der Waals surface area contributed by atoms with Crippen molar-refractivity contribution in [2.45, 2.75) is 19.3 Å². The van der Waals surface area contributed by atoms with Crippen molar-refractivity contribution in [3.63, 3.8) is 0 Å². The molecule has 0 aliphatic heterocycles. The summed E-state index contributed by atoms with van der Waals surface area (Å²) in [5.74, 6) is 0.765. The summed E-state index contributed by atoms with van der Waals surface area (Å²) in [4.78, 5) is 12.9. The second-order valence-electron chi connectivity index (χ2n) is 4.60. The van der Waals surface area contributed by atoms with Crippen molar-refractivity contribution in [3.8, 4) is 11.3 Å². The summed E-state index contributed by atoms with van der Waals surface area (Å²) in [6, 6.07) is 5.76. The third kappa shape index (κ3) is 2.47. The molecule has 0 unspecified atom stereocenters. The number of nitrogens with two attached hydrogens (primary N) is 1. The van der Waals surface area contributed by atoms with E-state index < -0.39 is 0 Å². The van der Waals surface area contributed by atoms with E-state index in [2.05, 4.69) is 15.0 Å². The van der Waals surface area contributed by atoms with E-state index in [0.717, 1.165) is 17.1 Å². The lowest BCUT2D eigenvalue weighted by Gasteiger charge is -2.20. The van der Waals surface area contributed by atoms with Crippen LogP contribution in [0.1, 0.15) is 19.7 Å². The number of rotatable bonds is 3. The lowest BCUT2D eigenvalue weighted by atomic mass is 9.92. The third-order valence-corrected chi connectivity index (χ3v) is 2.73. The van der Waals surface area contributed by atoms with Crippen LogP contribution in [0.25, 0.3) is 11.3 Å². The summed E-state index contributed by atoms with van der Waals surface area (Å²) >= 11 is 0. The number of pyridine rings is 1. The Balaban J connectivity index is 2.42. The number of hydrogen-bond acceptors (Lipinski definition) is 4. The van der Waals surface area contributed by atoms with Gasteiger partial charge in [-0.15, -0.1) is 0 Å². The molecule has 88 valence electrons. The maximum absolute atomic E-state index is 5.73. The monoisotopic (exact) mass is 228 g/mol. The van der Waals surface area contributed by atoms with E-state index in [1.165, 1.54) is 0 Å². The van der Waals surface area contributed by atoms with Crippen LogP contribution in [0, 0.1) is 0 Å². The smallest absolute Gasteiger partial charge is 0.135 e. The molecule has 0 saturated heterocycles. The second kappa shape index (κ2) is 4.59. The van der Waals surface area contributed by atoms with Crippen LogP contribution in [0.2, 0.25) is 0 Å². The topological polar surface area (TPSA) is 64.7 Å². The summed E-state index contributed by atoms with van der Waals surface area (Å²) in [7, 11) is 0. The molecule has 4 nitrogen and oxygen atoms in total. The molecule has 2 aromatic heterocycles. The average Bonchev–Trinajstić information content (AvgIpc) is 2.40. The number of hydrogen-bond donors (Lipinski definition) is 1. The van der Waals surface area contributed by atoms with Gasteiger partial charge < -0.3 is 5.73 Å². The Morgan fingerprint density at radius 1 is 1.24 bits per heavy atom. The Hall–Kier alpha value is -1.81. The van der Waals surface area contributed by atoms with Gasteiger partial charge in [-0.25, -0.2) is 9.97 Å². The summed E-state index contributed by atoms with van der Waals surface area (Å²) in [5.41, 5.74) is 7.39. The van der Waals surface area contributed by atoms with Gasteiger partial charge in [0.15, 0.2) is 0 Å². The molecule has 0 bridgehead atoms. The first kappa shape index (κ1) is 11.7. The Morgan fingerprint density at radius 2 is 2.06 bits per heavy atom. The van der Waals surface area contributed by atoms with Crippen LogP contribution in [-0.2, 0) is 5.41 Å². The highest BCUT2D eigenvalue weighted by Gasteiger charge is 2.22. The molecule has 2 aromatic rings. The minimum Gasteiger partial charge on any atom is -0.329 e. The lowest BCUT2D eigenvalue weighted by molar-refractivity contribution is 0.503. The molecule has 2 heterocycles. The van der Waals surface area contributed by atoms with E-state index in [1.807, 2.05) is 32.0 Å².